The molecule has 0 saturated heterocycles. The molecular formula is C22H27FN2O4S. The molecule has 1 amide bonds. The first-order valence-electron chi connectivity index (χ1n) is 10.1. The topological polar surface area (TPSA) is 84.5 Å². The quantitative estimate of drug-likeness (QED) is 0.661. The summed E-state index contributed by atoms with van der Waals surface area (Å²) >= 11 is 0. The predicted octanol–water partition coefficient (Wildman–Crippen LogP) is 3.84. The van der Waals surface area contributed by atoms with Crippen LogP contribution in [0, 0.1) is 11.7 Å². The minimum Gasteiger partial charge on any atom is -0.489 e. The summed E-state index contributed by atoms with van der Waals surface area (Å²) in [6.45, 7) is 2.33. The molecule has 162 valence electrons. The van der Waals surface area contributed by atoms with E-state index in [9.17, 15) is 17.6 Å². The second-order valence-corrected chi connectivity index (χ2v) is 9.58. The summed E-state index contributed by atoms with van der Waals surface area (Å²) in [5, 5.41) is 2.59. The zero-order chi connectivity index (χ0) is 21.6. The van der Waals surface area contributed by atoms with Gasteiger partial charge in [-0.15, -0.1) is 0 Å². The smallest absolute Gasteiger partial charge is 0.240 e. The van der Waals surface area contributed by atoms with Crippen molar-refractivity contribution in [2.24, 2.45) is 5.92 Å². The monoisotopic (exact) mass is 434 g/mol. The number of hydrogen-bond donors (Lipinski definition) is 2. The fourth-order valence-electron chi connectivity index (χ4n) is 3.50. The predicted molar refractivity (Wildman–Crippen MR) is 114 cm³/mol. The molecule has 2 aromatic rings. The van der Waals surface area contributed by atoms with Crippen molar-refractivity contribution in [1.82, 2.24) is 4.72 Å². The average molecular weight is 435 g/mol. The molecule has 0 atom stereocenters. The molecule has 0 bridgehead atoms. The zero-order valence-corrected chi connectivity index (χ0v) is 17.8. The van der Waals surface area contributed by atoms with Crippen molar-refractivity contribution in [3.8, 4) is 5.75 Å². The SMILES string of the molecule is CC1CCC(NS(=O)(=O)CC(=O)Nc2cccc(OCc3cccc(F)c3)c2)CC1. The number of ether oxygens (including phenoxy) is 1. The molecule has 30 heavy (non-hydrogen) atoms. The van der Waals surface area contributed by atoms with E-state index < -0.39 is 21.7 Å². The Morgan fingerprint density at radius 3 is 2.57 bits per heavy atom. The van der Waals surface area contributed by atoms with Crippen molar-refractivity contribution in [1.29, 1.82) is 0 Å². The molecule has 0 spiro atoms. The lowest BCUT2D eigenvalue weighted by molar-refractivity contribution is -0.113. The number of carbonyl (C=O) groups excluding carboxylic acids is 1. The van der Waals surface area contributed by atoms with Crippen LogP contribution in [0.25, 0.3) is 0 Å². The minimum atomic E-state index is -3.71. The number of anilines is 1. The van der Waals surface area contributed by atoms with Gasteiger partial charge >= 0.3 is 0 Å². The fourth-order valence-corrected chi connectivity index (χ4v) is 4.74. The standard InChI is InChI=1S/C22H27FN2O4S/c1-16-8-10-19(11-9-16)25-30(27,28)15-22(26)24-20-6-3-7-21(13-20)29-14-17-4-2-5-18(23)12-17/h2-7,12-13,16,19,25H,8-11,14-15H2,1H3,(H,24,26). The van der Waals surface area contributed by atoms with Gasteiger partial charge in [-0.2, -0.15) is 0 Å². The number of hydrogen-bond acceptors (Lipinski definition) is 4. The highest BCUT2D eigenvalue weighted by atomic mass is 32.2. The van der Waals surface area contributed by atoms with Gasteiger partial charge < -0.3 is 10.1 Å². The van der Waals surface area contributed by atoms with Gasteiger partial charge in [0.15, 0.2) is 0 Å². The maximum absolute atomic E-state index is 13.2. The van der Waals surface area contributed by atoms with Crippen LogP contribution >= 0.6 is 0 Å². The molecule has 8 heteroatoms. The van der Waals surface area contributed by atoms with E-state index >= 15 is 0 Å². The van der Waals surface area contributed by atoms with E-state index in [4.69, 9.17) is 4.74 Å². The van der Waals surface area contributed by atoms with Gasteiger partial charge in [0.25, 0.3) is 0 Å². The average Bonchev–Trinajstić information content (AvgIpc) is 2.68. The Labute approximate surface area is 176 Å². The lowest BCUT2D eigenvalue weighted by Gasteiger charge is -2.26. The molecule has 0 unspecified atom stereocenters. The van der Waals surface area contributed by atoms with E-state index in [-0.39, 0.29) is 18.5 Å². The molecule has 0 aromatic heterocycles. The fraction of sp³-hybridized carbons (Fsp3) is 0.409. The van der Waals surface area contributed by atoms with E-state index in [0.717, 1.165) is 25.7 Å². The molecule has 0 radical (unpaired) electrons. The van der Waals surface area contributed by atoms with Crippen LogP contribution in [0.15, 0.2) is 48.5 Å². The number of sulfonamides is 1. The van der Waals surface area contributed by atoms with Gasteiger partial charge in [0.1, 0.15) is 23.9 Å². The first-order chi connectivity index (χ1) is 14.3. The Hall–Kier alpha value is -2.45. The van der Waals surface area contributed by atoms with Crippen LogP contribution in [0.5, 0.6) is 5.75 Å². The van der Waals surface area contributed by atoms with Crippen LogP contribution in [0.2, 0.25) is 0 Å². The molecule has 3 rings (SSSR count). The summed E-state index contributed by atoms with van der Waals surface area (Å²) in [6.07, 6.45) is 3.57. The van der Waals surface area contributed by atoms with E-state index in [2.05, 4.69) is 17.0 Å². The first kappa shape index (κ1) is 22.2. The van der Waals surface area contributed by atoms with Gasteiger partial charge in [-0.1, -0.05) is 25.1 Å². The van der Waals surface area contributed by atoms with Gasteiger partial charge in [-0.3, -0.25) is 4.79 Å². The summed E-state index contributed by atoms with van der Waals surface area (Å²) in [4.78, 5) is 12.2. The van der Waals surface area contributed by atoms with E-state index in [1.165, 1.54) is 12.1 Å². The number of rotatable bonds is 8. The van der Waals surface area contributed by atoms with Crippen molar-refractivity contribution < 1.29 is 22.3 Å². The molecule has 0 aliphatic heterocycles. The van der Waals surface area contributed by atoms with E-state index in [1.807, 2.05) is 0 Å². The molecule has 1 aliphatic carbocycles. The van der Waals surface area contributed by atoms with Crippen LogP contribution < -0.4 is 14.8 Å². The van der Waals surface area contributed by atoms with Gasteiger partial charge in [0.2, 0.25) is 15.9 Å². The lowest BCUT2D eigenvalue weighted by atomic mass is 9.88. The highest BCUT2D eigenvalue weighted by Crippen LogP contribution is 2.24. The third kappa shape index (κ3) is 7.11. The zero-order valence-electron chi connectivity index (χ0n) is 16.9. The molecule has 0 heterocycles. The molecule has 2 N–H and O–H groups in total. The maximum atomic E-state index is 13.2. The van der Waals surface area contributed by atoms with Crippen molar-refractivity contribution in [2.45, 2.75) is 45.3 Å². The summed E-state index contributed by atoms with van der Waals surface area (Å²) in [6, 6.07) is 12.6. The highest BCUT2D eigenvalue weighted by molar-refractivity contribution is 7.90. The van der Waals surface area contributed by atoms with E-state index in [0.29, 0.717) is 22.9 Å². The summed E-state index contributed by atoms with van der Waals surface area (Å²) in [7, 11) is -3.71. The summed E-state index contributed by atoms with van der Waals surface area (Å²) in [5.41, 5.74) is 1.11. The van der Waals surface area contributed by atoms with Crippen LogP contribution in [0.3, 0.4) is 0 Å². The second-order valence-electron chi connectivity index (χ2n) is 7.83. The van der Waals surface area contributed by atoms with Crippen LogP contribution in [0.4, 0.5) is 10.1 Å². The van der Waals surface area contributed by atoms with E-state index in [1.54, 1.807) is 36.4 Å². The Balaban J connectivity index is 1.51. The van der Waals surface area contributed by atoms with Crippen LogP contribution in [-0.4, -0.2) is 26.1 Å². The Morgan fingerprint density at radius 1 is 1.10 bits per heavy atom. The summed E-state index contributed by atoms with van der Waals surface area (Å²) < 4.78 is 46.1. The number of nitrogens with one attached hydrogen (secondary N) is 2. The van der Waals surface area contributed by atoms with Gasteiger partial charge in [-0.05, 0) is 61.4 Å². The van der Waals surface area contributed by atoms with Gasteiger partial charge in [0.05, 0.1) is 0 Å². The van der Waals surface area contributed by atoms with Crippen molar-refractivity contribution in [3.05, 3.63) is 59.9 Å². The molecule has 2 aromatic carbocycles. The second kappa shape index (κ2) is 10.0. The largest absolute Gasteiger partial charge is 0.489 e. The van der Waals surface area contributed by atoms with Crippen molar-refractivity contribution in [2.75, 3.05) is 11.1 Å². The normalized spacial score (nSPS) is 19.3. The molecule has 1 saturated carbocycles. The number of halogens is 1. The Morgan fingerprint density at radius 2 is 1.83 bits per heavy atom. The Bertz CT molecular complexity index is 973. The van der Waals surface area contributed by atoms with Gasteiger partial charge in [-0.25, -0.2) is 17.5 Å². The van der Waals surface area contributed by atoms with Crippen molar-refractivity contribution >= 4 is 21.6 Å². The number of carbonyl (C=O) groups is 1. The third-order valence-corrected chi connectivity index (χ3v) is 6.43. The number of benzene rings is 2. The molecule has 1 fully saturated rings. The van der Waals surface area contributed by atoms with Crippen LogP contribution in [-0.2, 0) is 21.4 Å². The highest BCUT2D eigenvalue weighted by Gasteiger charge is 2.24. The molecular weight excluding hydrogens is 407 g/mol. The number of amides is 1. The Kier molecular flexibility index (Phi) is 7.44. The van der Waals surface area contributed by atoms with Crippen molar-refractivity contribution in [3.63, 3.8) is 0 Å². The van der Waals surface area contributed by atoms with Crippen LogP contribution in [0.1, 0.15) is 38.2 Å². The maximum Gasteiger partial charge on any atom is 0.240 e. The first-order valence-corrected chi connectivity index (χ1v) is 11.7. The molecule has 1 aliphatic rings. The molecule has 6 nitrogen and oxygen atoms in total. The van der Waals surface area contributed by atoms with Gasteiger partial charge in [0, 0.05) is 17.8 Å². The third-order valence-electron chi connectivity index (χ3n) is 5.10. The lowest BCUT2D eigenvalue weighted by Crippen LogP contribution is -2.41. The minimum absolute atomic E-state index is 0.0986. The summed E-state index contributed by atoms with van der Waals surface area (Å²) in [5.74, 6) is -0.490.